The number of likely N-dealkylation sites (N-methyl/N-ethyl adjacent to an activating group) is 1. The number of aromatic nitrogens is 4. The smallest absolute Gasteiger partial charge is 0.407 e. The number of amides is 4. The lowest BCUT2D eigenvalue weighted by atomic mass is 9.97. The Labute approximate surface area is 322 Å². The monoisotopic (exact) mass is 756 g/mol. The first-order valence-electron chi connectivity index (χ1n) is 18.9. The van der Waals surface area contributed by atoms with Crippen molar-refractivity contribution < 1.29 is 29.0 Å². The summed E-state index contributed by atoms with van der Waals surface area (Å²) in [6, 6.07) is 23.1. The maximum Gasteiger partial charge on any atom is 0.407 e. The second kappa shape index (κ2) is 14.7. The minimum absolute atomic E-state index is 0.175. The first-order valence-corrected chi connectivity index (χ1v) is 18.9. The summed E-state index contributed by atoms with van der Waals surface area (Å²) < 4.78 is 4.67. The second-order valence-corrected chi connectivity index (χ2v) is 14.8. The van der Waals surface area contributed by atoms with E-state index in [-0.39, 0.29) is 23.9 Å². The number of hydrogen-bond acceptors (Lipinski definition) is 7. The fourth-order valence-corrected chi connectivity index (χ4v) is 8.08. The predicted octanol–water partition coefficient (Wildman–Crippen LogP) is 7.00. The summed E-state index contributed by atoms with van der Waals surface area (Å²) in [5.74, 6) is 1.03. The van der Waals surface area contributed by atoms with Gasteiger partial charge in [0, 0.05) is 20.1 Å². The largest absolute Gasteiger partial charge is 0.465 e. The third kappa shape index (κ3) is 6.75. The molecule has 2 aliphatic heterocycles. The third-order valence-electron chi connectivity index (χ3n) is 11.3. The van der Waals surface area contributed by atoms with Crippen LogP contribution < -0.4 is 5.32 Å². The van der Waals surface area contributed by atoms with E-state index in [1.165, 1.54) is 14.2 Å². The Morgan fingerprint density at radius 2 is 1.23 bits per heavy atom. The van der Waals surface area contributed by atoms with Crippen LogP contribution in [0.4, 0.5) is 9.59 Å². The van der Waals surface area contributed by atoms with Gasteiger partial charge < -0.3 is 34.9 Å². The number of ether oxygens (including phenoxy) is 1. The highest BCUT2D eigenvalue weighted by atomic mass is 16.5. The Morgan fingerprint density at radius 1 is 0.750 bits per heavy atom. The van der Waals surface area contributed by atoms with Gasteiger partial charge in [0.15, 0.2) is 0 Å². The average molecular weight is 757 g/mol. The molecule has 0 bridgehead atoms. The van der Waals surface area contributed by atoms with E-state index in [2.05, 4.69) is 80.7 Å². The molecule has 6 aromatic rings. The van der Waals surface area contributed by atoms with Crippen LogP contribution in [0.1, 0.15) is 63.3 Å². The number of carbonyl (C=O) groups excluding carboxylic acids is 3. The fourth-order valence-electron chi connectivity index (χ4n) is 8.08. The molecule has 0 saturated carbocycles. The molecule has 14 heteroatoms. The molecule has 4 aromatic carbocycles. The molecule has 0 spiro atoms. The molecule has 4 amide bonds. The lowest BCUT2D eigenvalue weighted by Crippen LogP contribution is -2.47. The molecular weight excluding hydrogens is 713 g/mol. The van der Waals surface area contributed by atoms with Gasteiger partial charge in [0.05, 0.1) is 41.3 Å². The molecule has 56 heavy (non-hydrogen) atoms. The van der Waals surface area contributed by atoms with E-state index >= 15 is 0 Å². The van der Waals surface area contributed by atoms with Gasteiger partial charge in [-0.15, -0.1) is 0 Å². The van der Waals surface area contributed by atoms with Crippen molar-refractivity contribution >= 4 is 56.8 Å². The molecule has 2 fully saturated rings. The van der Waals surface area contributed by atoms with Gasteiger partial charge in [0.25, 0.3) is 0 Å². The highest BCUT2D eigenvalue weighted by molar-refractivity contribution is 5.93. The first kappa shape index (κ1) is 36.5. The van der Waals surface area contributed by atoms with Crippen molar-refractivity contribution in [2.24, 2.45) is 0 Å². The van der Waals surface area contributed by atoms with Gasteiger partial charge in [-0.25, -0.2) is 19.6 Å². The van der Waals surface area contributed by atoms with Gasteiger partial charge >= 0.3 is 12.2 Å². The topological polar surface area (TPSA) is 177 Å². The lowest BCUT2D eigenvalue weighted by molar-refractivity contribution is -0.136. The zero-order valence-electron chi connectivity index (χ0n) is 31.7. The maximum atomic E-state index is 13.3. The van der Waals surface area contributed by atoms with Crippen LogP contribution in [0.5, 0.6) is 0 Å². The number of benzene rings is 4. The number of rotatable bonds is 8. The number of H-pyrrole nitrogens is 2. The molecule has 2 aliphatic rings. The summed E-state index contributed by atoms with van der Waals surface area (Å²) in [6.07, 6.45) is 1.41. The molecule has 2 aromatic heterocycles. The molecule has 4 atom stereocenters. The lowest BCUT2D eigenvalue weighted by Gasteiger charge is -2.29. The summed E-state index contributed by atoms with van der Waals surface area (Å²) in [5.41, 5.74) is 7.49. The maximum absolute atomic E-state index is 13.3. The van der Waals surface area contributed by atoms with E-state index in [4.69, 9.17) is 9.97 Å². The van der Waals surface area contributed by atoms with Crippen LogP contribution in [-0.2, 0) is 14.3 Å². The normalized spacial score (nSPS) is 18.1. The van der Waals surface area contributed by atoms with Crippen molar-refractivity contribution in [3.05, 3.63) is 84.4 Å². The Hall–Kier alpha value is -6.44. The zero-order valence-corrected chi connectivity index (χ0v) is 31.7. The van der Waals surface area contributed by atoms with Crippen molar-refractivity contribution in [1.29, 1.82) is 0 Å². The fraction of sp³-hybridized carbons (Fsp3) is 0.333. The van der Waals surface area contributed by atoms with Crippen LogP contribution in [0.25, 0.3) is 55.1 Å². The first-order chi connectivity index (χ1) is 27.0. The van der Waals surface area contributed by atoms with Crippen molar-refractivity contribution in [1.82, 2.24) is 40.0 Å². The second-order valence-electron chi connectivity index (χ2n) is 14.8. The van der Waals surface area contributed by atoms with Crippen LogP contribution in [0.15, 0.2) is 72.8 Å². The van der Waals surface area contributed by atoms with Gasteiger partial charge in [-0.3, -0.25) is 14.5 Å². The van der Waals surface area contributed by atoms with E-state index < -0.39 is 24.3 Å². The van der Waals surface area contributed by atoms with E-state index in [1.807, 2.05) is 12.1 Å². The summed E-state index contributed by atoms with van der Waals surface area (Å²) in [5, 5.41) is 14.2. The number of alkyl carbamates (subject to hydrolysis) is 1. The number of fused-ring (bicyclic) bond motifs is 3. The van der Waals surface area contributed by atoms with Crippen molar-refractivity contribution in [3.63, 3.8) is 0 Å². The molecular formula is C42H44N8O6. The van der Waals surface area contributed by atoms with E-state index in [0.717, 1.165) is 91.5 Å². The summed E-state index contributed by atoms with van der Waals surface area (Å²) in [4.78, 5) is 71.0. The number of carbonyl (C=O) groups is 4. The van der Waals surface area contributed by atoms with E-state index in [9.17, 15) is 24.3 Å². The number of nitrogens with one attached hydrogen (secondary N) is 3. The van der Waals surface area contributed by atoms with Crippen molar-refractivity contribution in [2.75, 3.05) is 27.2 Å². The number of hydrogen-bond donors (Lipinski definition) is 4. The summed E-state index contributed by atoms with van der Waals surface area (Å²) in [7, 11) is 2.69. The zero-order chi connectivity index (χ0) is 39.2. The highest BCUT2D eigenvalue weighted by Crippen LogP contribution is 2.36. The van der Waals surface area contributed by atoms with Crippen LogP contribution >= 0.6 is 0 Å². The average Bonchev–Trinajstić information content (AvgIpc) is 4.04. The highest BCUT2D eigenvalue weighted by Gasteiger charge is 2.37. The van der Waals surface area contributed by atoms with Crippen LogP contribution in [0, 0.1) is 0 Å². The third-order valence-corrected chi connectivity index (χ3v) is 11.3. The molecule has 8 rings (SSSR count). The van der Waals surface area contributed by atoms with Crippen LogP contribution in [-0.4, -0.2) is 103 Å². The van der Waals surface area contributed by atoms with Gasteiger partial charge in [0.2, 0.25) is 11.8 Å². The molecule has 0 unspecified atom stereocenters. The SMILES string of the molecule is COC(=O)N[C@@H](C)C(=O)N1CCC[C@H]1c1nc2cc(-c3ccc4ccc(-c5ccc6[nH]c([C@@H]7CCCN7C(=O)[C@H](C)N(C)C(=O)O)nc6c5)cc4c3)ccc2[nH]1. The Kier molecular flexibility index (Phi) is 9.56. The number of methoxy groups -OCH3 is 1. The van der Waals surface area contributed by atoms with Gasteiger partial charge in [-0.05, 0) is 109 Å². The molecule has 14 nitrogen and oxygen atoms in total. The molecule has 0 radical (unpaired) electrons. The Bertz CT molecular complexity index is 2510. The molecule has 2 saturated heterocycles. The number of likely N-dealkylation sites (tertiary alicyclic amines) is 2. The van der Waals surface area contributed by atoms with Gasteiger partial charge in [0.1, 0.15) is 23.7 Å². The Balaban J connectivity index is 1.02. The van der Waals surface area contributed by atoms with E-state index in [1.54, 1.807) is 23.6 Å². The summed E-state index contributed by atoms with van der Waals surface area (Å²) in [6.45, 7) is 4.42. The van der Waals surface area contributed by atoms with Crippen molar-refractivity contribution in [2.45, 2.75) is 63.7 Å². The summed E-state index contributed by atoms with van der Waals surface area (Å²) >= 11 is 0. The van der Waals surface area contributed by atoms with Crippen LogP contribution in [0.3, 0.4) is 0 Å². The molecule has 288 valence electrons. The predicted molar refractivity (Wildman–Crippen MR) is 212 cm³/mol. The number of imidazole rings is 2. The minimum Gasteiger partial charge on any atom is -0.465 e. The van der Waals surface area contributed by atoms with Gasteiger partial charge in [-0.1, -0.05) is 36.4 Å². The molecule has 4 heterocycles. The molecule has 0 aliphatic carbocycles. The minimum atomic E-state index is -1.14. The number of aromatic amines is 2. The van der Waals surface area contributed by atoms with Crippen LogP contribution in [0.2, 0.25) is 0 Å². The van der Waals surface area contributed by atoms with Crippen molar-refractivity contribution in [3.8, 4) is 22.3 Å². The number of carboxylic acid groups (broad SMARTS) is 1. The standard InChI is InChI=1S/C42H44N8O6/c1-23(43-41(53)56-4)39(51)49-17-5-7-35(49)37-44-31-15-13-28(21-33(31)46-37)26-11-9-25-10-12-27(20-30(25)19-26)29-14-16-32-34(22-29)47-38(45-32)36-8-6-18-50(36)40(52)24(2)48(3)42(54)55/h9-16,19-24,35-36H,5-8,17-18H2,1-4H3,(H,43,53)(H,44,46)(H,45,47)(H,54,55)/t23-,24-,35-,36-/m0/s1. The molecule has 4 N–H and O–H groups in total. The number of nitrogens with zero attached hydrogens (tertiary/aromatic N) is 5. The Morgan fingerprint density at radius 3 is 1.73 bits per heavy atom. The van der Waals surface area contributed by atoms with E-state index in [0.29, 0.717) is 18.9 Å². The van der Waals surface area contributed by atoms with Gasteiger partial charge in [-0.2, -0.15) is 0 Å². The quantitative estimate of drug-likeness (QED) is 0.128.